The van der Waals surface area contributed by atoms with Crippen molar-refractivity contribution in [3.05, 3.63) is 67.0 Å². The first-order valence-electron chi connectivity index (χ1n) is 9.87. The molecule has 0 bridgehead atoms. The van der Waals surface area contributed by atoms with Gasteiger partial charge in [0.15, 0.2) is 0 Å². The molecule has 33 heavy (non-hydrogen) atoms. The maximum Gasteiger partial charge on any atom is 0.331 e. The summed E-state index contributed by atoms with van der Waals surface area (Å²) in [6.07, 6.45) is 1.14. The summed E-state index contributed by atoms with van der Waals surface area (Å²) in [5.74, 6) is -0.570. The molecule has 1 aliphatic rings. The standard InChI is InChI=1S/C19H20N6O7S/c1-2-21-12-14(11-20)18(27)24(19(21)28)13-17(26)22-6-8-23(9-7-22)33(31,32)16-5-3-4-15(10-16)25(29)30/h3-5,10,12H,2,6-9,13H2,1H3. The fourth-order valence-electron chi connectivity index (χ4n) is 3.42. The Morgan fingerprint density at radius 2 is 1.88 bits per heavy atom. The fourth-order valence-corrected chi connectivity index (χ4v) is 4.88. The van der Waals surface area contributed by atoms with Gasteiger partial charge >= 0.3 is 5.69 Å². The molecule has 0 unspecified atom stereocenters. The molecule has 1 saturated heterocycles. The molecule has 0 radical (unpaired) electrons. The smallest absolute Gasteiger partial charge is 0.331 e. The Balaban J connectivity index is 1.74. The summed E-state index contributed by atoms with van der Waals surface area (Å²) in [6, 6.07) is 6.40. The highest BCUT2D eigenvalue weighted by atomic mass is 32.2. The predicted molar refractivity (Wildman–Crippen MR) is 114 cm³/mol. The number of hydrogen-bond acceptors (Lipinski definition) is 8. The van der Waals surface area contributed by atoms with Gasteiger partial charge in [0.2, 0.25) is 15.9 Å². The molecule has 14 heteroatoms. The Labute approximate surface area is 187 Å². The number of benzene rings is 1. The molecule has 0 atom stereocenters. The lowest BCUT2D eigenvalue weighted by atomic mass is 10.3. The highest BCUT2D eigenvalue weighted by molar-refractivity contribution is 7.89. The van der Waals surface area contributed by atoms with E-state index in [1.807, 2.05) is 0 Å². The van der Waals surface area contributed by atoms with E-state index in [0.717, 1.165) is 21.1 Å². The van der Waals surface area contributed by atoms with Crippen molar-refractivity contribution >= 4 is 21.6 Å². The van der Waals surface area contributed by atoms with E-state index in [4.69, 9.17) is 5.26 Å². The Morgan fingerprint density at radius 3 is 2.45 bits per heavy atom. The van der Waals surface area contributed by atoms with Crippen molar-refractivity contribution in [2.24, 2.45) is 0 Å². The number of amides is 1. The number of nitrogens with zero attached hydrogens (tertiary/aromatic N) is 6. The van der Waals surface area contributed by atoms with E-state index in [1.165, 1.54) is 23.1 Å². The first kappa shape index (κ1) is 23.8. The molecule has 0 N–H and O–H groups in total. The van der Waals surface area contributed by atoms with Gasteiger partial charge in [-0.1, -0.05) is 6.07 Å². The maximum atomic E-state index is 12.8. The molecule has 0 saturated carbocycles. The minimum absolute atomic E-state index is 0.00164. The number of nitro benzene ring substituents is 1. The van der Waals surface area contributed by atoms with Crippen LogP contribution in [0.25, 0.3) is 0 Å². The quantitative estimate of drug-likeness (QED) is 0.391. The summed E-state index contributed by atoms with van der Waals surface area (Å²) in [6.45, 7) is 1.15. The largest absolute Gasteiger partial charge is 0.338 e. The van der Waals surface area contributed by atoms with Crippen molar-refractivity contribution in [3.8, 4) is 6.07 Å². The normalized spacial score (nSPS) is 14.6. The lowest BCUT2D eigenvalue weighted by Crippen LogP contribution is -2.52. The topological polar surface area (TPSA) is 169 Å². The number of rotatable bonds is 6. The average molecular weight is 476 g/mol. The molecule has 1 amide bonds. The van der Waals surface area contributed by atoms with Crippen LogP contribution in [0.4, 0.5) is 5.69 Å². The maximum absolute atomic E-state index is 12.8. The van der Waals surface area contributed by atoms with Gasteiger partial charge in [-0.25, -0.2) is 17.8 Å². The van der Waals surface area contributed by atoms with E-state index in [9.17, 15) is 32.9 Å². The second-order valence-corrected chi connectivity index (χ2v) is 9.09. The highest BCUT2D eigenvalue weighted by Gasteiger charge is 2.31. The van der Waals surface area contributed by atoms with Gasteiger partial charge in [-0.15, -0.1) is 0 Å². The van der Waals surface area contributed by atoms with Gasteiger partial charge in [0.25, 0.3) is 11.2 Å². The van der Waals surface area contributed by atoms with Gasteiger partial charge in [0.05, 0.1) is 9.82 Å². The van der Waals surface area contributed by atoms with Crippen LogP contribution in [-0.4, -0.2) is 63.8 Å². The number of sulfonamides is 1. The zero-order valence-electron chi connectivity index (χ0n) is 17.6. The summed E-state index contributed by atoms with van der Waals surface area (Å²) >= 11 is 0. The van der Waals surface area contributed by atoms with Gasteiger partial charge in [-0.05, 0) is 13.0 Å². The predicted octanol–water partition coefficient (Wildman–Crippen LogP) is -0.657. The molecule has 1 fully saturated rings. The van der Waals surface area contributed by atoms with Crippen molar-refractivity contribution in [2.45, 2.75) is 24.9 Å². The lowest BCUT2D eigenvalue weighted by molar-refractivity contribution is -0.385. The zero-order valence-corrected chi connectivity index (χ0v) is 18.4. The monoisotopic (exact) mass is 476 g/mol. The fraction of sp³-hybridized carbons (Fsp3) is 0.368. The second kappa shape index (κ2) is 9.35. The molecule has 2 aromatic rings. The third-order valence-corrected chi connectivity index (χ3v) is 7.14. The molecular weight excluding hydrogens is 456 g/mol. The van der Waals surface area contributed by atoms with Gasteiger partial charge in [0, 0.05) is 51.1 Å². The molecule has 0 aliphatic carbocycles. The molecule has 1 aliphatic heterocycles. The zero-order chi connectivity index (χ0) is 24.3. The van der Waals surface area contributed by atoms with Gasteiger partial charge in [-0.3, -0.25) is 24.3 Å². The van der Waals surface area contributed by atoms with E-state index < -0.39 is 38.6 Å². The summed E-state index contributed by atoms with van der Waals surface area (Å²) in [5, 5.41) is 20.0. The Kier molecular flexibility index (Phi) is 6.75. The SMILES string of the molecule is CCn1cc(C#N)c(=O)n(CC(=O)N2CCN(S(=O)(=O)c3cccc([N+](=O)[O-])c3)CC2)c1=O. The third kappa shape index (κ3) is 4.69. The summed E-state index contributed by atoms with van der Waals surface area (Å²) in [5.41, 5.74) is -2.21. The van der Waals surface area contributed by atoms with Crippen LogP contribution < -0.4 is 11.2 Å². The Morgan fingerprint density at radius 1 is 1.21 bits per heavy atom. The Bertz CT molecular complexity index is 1360. The molecule has 1 aromatic carbocycles. The average Bonchev–Trinajstić information content (AvgIpc) is 2.82. The molecule has 1 aromatic heterocycles. The van der Waals surface area contributed by atoms with Crippen molar-refractivity contribution in [1.29, 1.82) is 5.26 Å². The van der Waals surface area contributed by atoms with Gasteiger partial charge < -0.3 is 4.90 Å². The van der Waals surface area contributed by atoms with Crippen molar-refractivity contribution in [2.75, 3.05) is 26.2 Å². The number of aromatic nitrogens is 2. The van der Waals surface area contributed by atoms with Crippen LogP contribution in [0.1, 0.15) is 12.5 Å². The van der Waals surface area contributed by atoms with Crippen molar-refractivity contribution in [3.63, 3.8) is 0 Å². The molecule has 174 valence electrons. The van der Waals surface area contributed by atoms with E-state index >= 15 is 0 Å². The number of non-ortho nitro benzene ring substituents is 1. The first-order valence-corrected chi connectivity index (χ1v) is 11.3. The number of aryl methyl sites for hydroxylation is 1. The van der Waals surface area contributed by atoms with Crippen LogP contribution in [0.5, 0.6) is 0 Å². The first-order chi connectivity index (χ1) is 15.6. The number of piperazine rings is 1. The lowest BCUT2D eigenvalue weighted by Gasteiger charge is -2.34. The third-order valence-electron chi connectivity index (χ3n) is 5.25. The molecule has 2 heterocycles. The van der Waals surface area contributed by atoms with Crippen LogP contribution in [-0.2, 0) is 27.9 Å². The highest BCUT2D eigenvalue weighted by Crippen LogP contribution is 2.22. The number of nitro groups is 1. The van der Waals surface area contributed by atoms with E-state index in [2.05, 4.69) is 0 Å². The van der Waals surface area contributed by atoms with Crippen LogP contribution in [0.15, 0.2) is 44.9 Å². The Hall–Kier alpha value is -3.83. The second-order valence-electron chi connectivity index (χ2n) is 7.15. The van der Waals surface area contributed by atoms with Crippen LogP contribution >= 0.6 is 0 Å². The molecular formula is C19H20N6O7S. The number of hydrogen-bond donors (Lipinski definition) is 0. The minimum atomic E-state index is -4.01. The number of nitriles is 1. The number of carbonyl (C=O) groups excluding carboxylic acids is 1. The van der Waals surface area contributed by atoms with E-state index in [0.29, 0.717) is 4.57 Å². The van der Waals surface area contributed by atoms with E-state index in [1.54, 1.807) is 13.0 Å². The van der Waals surface area contributed by atoms with Crippen molar-refractivity contribution in [1.82, 2.24) is 18.3 Å². The van der Waals surface area contributed by atoms with Crippen LogP contribution in [0.2, 0.25) is 0 Å². The van der Waals surface area contributed by atoms with Gasteiger partial charge in [0.1, 0.15) is 18.2 Å². The molecule has 0 spiro atoms. The summed E-state index contributed by atoms with van der Waals surface area (Å²) < 4.78 is 28.6. The summed E-state index contributed by atoms with van der Waals surface area (Å²) in [7, 11) is -4.01. The van der Waals surface area contributed by atoms with Crippen molar-refractivity contribution < 1.29 is 18.1 Å². The van der Waals surface area contributed by atoms with Crippen LogP contribution in [0.3, 0.4) is 0 Å². The molecule has 3 rings (SSSR count). The van der Waals surface area contributed by atoms with Crippen LogP contribution in [0, 0.1) is 21.4 Å². The summed E-state index contributed by atoms with van der Waals surface area (Å²) in [4.78, 5) is 48.8. The molecule has 13 nitrogen and oxygen atoms in total. The van der Waals surface area contributed by atoms with Gasteiger partial charge in [-0.2, -0.15) is 9.57 Å². The minimum Gasteiger partial charge on any atom is -0.338 e. The number of carbonyl (C=O) groups is 1. The van der Waals surface area contributed by atoms with E-state index in [-0.39, 0.29) is 48.9 Å².